The van der Waals surface area contributed by atoms with Gasteiger partial charge >= 0.3 is 0 Å². The molecule has 1 fully saturated rings. The van der Waals surface area contributed by atoms with E-state index < -0.39 is 0 Å². The molecule has 0 aliphatic carbocycles. The summed E-state index contributed by atoms with van der Waals surface area (Å²) in [4.78, 5) is 12.0. The summed E-state index contributed by atoms with van der Waals surface area (Å²) >= 11 is 2.26. The van der Waals surface area contributed by atoms with Crippen LogP contribution in [0.2, 0.25) is 0 Å². The number of carbonyl (C=O) groups is 1. The summed E-state index contributed by atoms with van der Waals surface area (Å²) in [5.74, 6) is 0.0385. The highest BCUT2D eigenvalue weighted by Gasteiger charge is 2.16. The number of nitrogens with one attached hydrogen (secondary N) is 2. The number of piperidine rings is 1. The van der Waals surface area contributed by atoms with Gasteiger partial charge in [-0.25, -0.2) is 0 Å². The maximum atomic E-state index is 12.0. The third kappa shape index (κ3) is 4.10. The number of benzene rings is 1. The highest BCUT2D eigenvalue weighted by molar-refractivity contribution is 14.1. The molecule has 3 nitrogen and oxygen atoms in total. The summed E-state index contributed by atoms with van der Waals surface area (Å²) in [6, 6.07) is 6.11. The van der Waals surface area contributed by atoms with Crippen LogP contribution in [0.5, 0.6) is 0 Å². The summed E-state index contributed by atoms with van der Waals surface area (Å²) < 4.78 is 1.14. The van der Waals surface area contributed by atoms with Crippen LogP contribution in [0.15, 0.2) is 18.2 Å². The zero-order chi connectivity index (χ0) is 12.3. The Morgan fingerprint density at radius 2 is 2.28 bits per heavy atom. The number of hydrogen-bond acceptors (Lipinski definition) is 2. The molecule has 1 atom stereocenters. The van der Waals surface area contributed by atoms with E-state index in [0.29, 0.717) is 0 Å². The molecule has 5 heteroatoms. The van der Waals surface area contributed by atoms with Gasteiger partial charge in [-0.05, 0) is 66.6 Å². The van der Waals surface area contributed by atoms with Gasteiger partial charge in [-0.15, -0.1) is 12.4 Å². The van der Waals surface area contributed by atoms with Crippen molar-refractivity contribution < 1.29 is 4.79 Å². The first-order valence-electron chi connectivity index (χ1n) is 5.94. The minimum absolute atomic E-state index is 0. The molecule has 100 valence electrons. The van der Waals surface area contributed by atoms with Crippen LogP contribution in [0.1, 0.15) is 28.8 Å². The van der Waals surface area contributed by atoms with E-state index in [0.717, 1.165) is 35.1 Å². The van der Waals surface area contributed by atoms with E-state index in [1.807, 2.05) is 18.2 Å². The molecular formula is C13H18ClIN2O. The molecule has 1 unspecified atom stereocenters. The molecule has 0 aromatic heterocycles. The first-order chi connectivity index (χ1) is 8.16. The van der Waals surface area contributed by atoms with Crippen molar-refractivity contribution >= 4 is 40.9 Å². The predicted molar refractivity (Wildman–Crippen MR) is 84.5 cm³/mol. The first kappa shape index (κ1) is 15.7. The van der Waals surface area contributed by atoms with Crippen molar-refractivity contribution in [3.8, 4) is 0 Å². The topological polar surface area (TPSA) is 41.1 Å². The first-order valence-corrected chi connectivity index (χ1v) is 7.02. The van der Waals surface area contributed by atoms with E-state index in [9.17, 15) is 4.79 Å². The molecule has 1 aromatic carbocycles. The second-order valence-electron chi connectivity index (χ2n) is 4.48. The van der Waals surface area contributed by atoms with Gasteiger partial charge in [0.1, 0.15) is 0 Å². The molecule has 2 N–H and O–H groups in total. The molecule has 0 saturated carbocycles. The van der Waals surface area contributed by atoms with Crippen molar-refractivity contribution in [2.45, 2.75) is 25.8 Å². The molecule has 1 heterocycles. The highest BCUT2D eigenvalue weighted by atomic mass is 127. The molecule has 0 spiro atoms. The number of amides is 1. The largest absolute Gasteiger partial charge is 0.348 e. The lowest BCUT2D eigenvalue weighted by Crippen LogP contribution is -2.45. The zero-order valence-corrected chi connectivity index (χ0v) is 13.3. The maximum Gasteiger partial charge on any atom is 0.251 e. The van der Waals surface area contributed by atoms with E-state index in [4.69, 9.17) is 0 Å². The van der Waals surface area contributed by atoms with Crippen LogP contribution in [-0.4, -0.2) is 25.0 Å². The Morgan fingerprint density at radius 1 is 1.50 bits per heavy atom. The molecule has 1 saturated heterocycles. The summed E-state index contributed by atoms with van der Waals surface area (Å²) in [5, 5.41) is 6.37. The minimum Gasteiger partial charge on any atom is -0.348 e. The van der Waals surface area contributed by atoms with Crippen molar-refractivity contribution in [2.24, 2.45) is 0 Å². The van der Waals surface area contributed by atoms with Gasteiger partial charge in [-0.3, -0.25) is 4.79 Å². The molecule has 2 rings (SSSR count). The second-order valence-corrected chi connectivity index (χ2v) is 5.64. The number of halogens is 2. The normalized spacial score (nSPS) is 18.9. The smallest absolute Gasteiger partial charge is 0.251 e. The van der Waals surface area contributed by atoms with Crippen molar-refractivity contribution in [3.05, 3.63) is 32.9 Å². The van der Waals surface area contributed by atoms with E-state index in [1.54, 1.807) is 0 Å². The lowest BCUT2D eigenvalue weighted by atomic mass is 10.1. The van der Waals surface area contributed by atoms with Gasteiger partial charge in [0.15, 0.2) is 0 Å². The van der Waals surface area contributed by atoms with Crippen LogP contribution >= 0.6 is 35.0 Å². The molecule has 18 heavy (non-hydrogen) atoms. The van der Waals surface area contributed by atoms with Crippen LogP contribution in [0.3, 0.4) is 0 Å². The number of hydrogen-bond donors (Lipinski definition) is 2. The van der Waals surface area contributed by atoms with E-state index in [1.165, 1.54) is 5.56 Å². The number of carbonyl (C=O) groups excluding carboxylic acids is 1. The van der Waals surface area contributed by atoms with Crippen molar-refractivity contribution in [3.63, 3.8) is 0 Å². The van der Waals surface area contributed by atoms with E-state index in [2.05, 4.69) is 40.1 Å². The zero-order valence-electron chi connectivity index (χ0n) is 10.3. The third-order valence-corrected chi connectivity index (χ3v) is 4.23. The molecule has 1 aliphatic heterocycles. The SMILES string of the molecule is Cc1ccc(C(=O)NC2CCCNC2)cc1I.Cl. The number of rotatable bonds is 2. The molecule has 1 aliphatic rings. The number of aryl methyl sites for hydroxylation is 1. The van der Waals surface area contributed by atoms with E-state index >= 15 is 0 Å². The molecule has 1 aromatic rings. The van der Waals surface area contributed by atoms with Crippen LogP contribution in [-0.2, 0) is 0 Å². The molecule has 0 radical (unpaired) electrons. The summed E-state index contributed by atoms with van der Waals surface area (Å²) in [6.07, 6.45) is 2.21. The lowest BCUT2D eigenvalue weighted by Gasteiger charge is -2.23. The predicted octanol–water partition coefficient (Wildman–Crippen LogP) is 2.50. The summed E-state index contributed by atoms with van der Waals surface area (Å²) in [5.41, 5.74) is 1.96. The van der Waals surface area contributed by atoms with Crippen LogP contribution in [0.25, 0.3) is 0 Å². The van der Waals surface area contributed by atoms with Crippen LogP contribution in [0.4, 0.5) is 0 Å². The standard InChI is InChI=1S/C13H17IN2O.ClH/c1-9-4-5-10(7-12(9)14)13(17)16-11-3-2-6-15-8-11;/h4-5,7,11,15H,2-3,6,8H2,1H3,(H,16,17);1H. The Labute approximate surface area is 128 Å². The fourth-order valence-electron chi connectivity index (χ4n) is 1.98. The monoisotopic (exact) mass is 380 g/mol. The quantitative estimate of drug-likeness (QED) is 0.774. The van der Waals surface area contributed by atoms with Crippen molar-refractivity contribution in [1.29, 1.82) is 0 Å². The van der Waals surface area contributed by atoms with Crippen LogP contribution in [0, 0.1) is 10.5 Å². The molecule has 0 bridgehead atoms. The maximum absolute atomic E-state index is 12.0. The Morgan fingerprint density at radius 3 is 2.89 bits per heavy atom. The Hall–Kier alpha value is -0.330. The summed E-state index contributed by atoms with van der Waals surface area (Å²) in [7, 11) is 0. The van der Waals surface area contributed by atoms with Gasteiger partial charge in [0.25, 0.3) is 5.91 Å². The fourth-order valence-corrected chi connectivity index (χ4v) is 2.49. The van der Waals surface area contributed by atoms with Crippen molar-refractivity contribution in [1.82, 2.24) is 10.6 Å². The molecule has 1 amide bonds. The summed E-state index contributed by atoms with van der Waals surface area (Å²) in [6.45, 7) is 4.00. The van der Waals surface area contributed by atoms with Gasteiger partial charge in [-0.1, -0.05) is 6.07 Å². The fraction of sp³-hybridized carbons (Fsp3) is 0.462. The highest BCUT2D eigenvalue weighted by Crippen LogP contribution is 2.14. The van der Waals surface area contributed by atoms with Gasteiger partial charge in [0, 0.05) is 21.7 Å². The van der Waals surface area contributed by atoms with Gasteiger partial charge < -0.3 is 10.6 Å². The Bertz CT molecular complexity index is 419. The Balaban J connectivity index is 0.00000162. The third-order valence-electron chi connectivity index (χ3n) is 3.07. The average molecular weight is 381 g/mol. The lowest BCUT2D eigenvalue weighted by molar-refractivity contribution is 0.0930. The van der Waals surface area contributed by atoms with E-state index in [-0.39, 0.29) is 24.4 Å². The Kier molecular flexibility index (Phi) is 6.38. The van der Waals surface area contributed by atoms with Gasteiger partial charge in [0.2, 0.25) is 0 Å². The molecular weight excluding hydrogens is 363 g/mol. The average Bonchev–Trinajstić information content (AvgIpc) is 2.34. The van der Waals surface area contributed by atoms with Gasteiger partial charge in [0.05, 0.1) is 0 Å². The van der Waals surface area contributed by atoms with Crippen molar-refractivity contribution in [2.75, 3.05) is 13.1 Å². The second kappa shape index (κ2) is 7.31. The minimum atomic E-state index is 0. The van der Waals surface area contributed by atoms with Gasteiger partial charge in [-0.2, -0.15) is 0 Å². The van der Waals surface area contributed by atoms with Crippen LogP contribution < -0.4 is 10.6 Å².